The fraction of sp³-hybridized carbons (Fsp3) is 0. The van der Waals surface area contributed by atoms with Gasteiger partial charge in [0.15, 0.2) is 0 Å². The first-order chi connectivity index (χ1) is 11.1. The van der Waals surface area contributed by atoms with Crippen molar-refractivity contribution in [2.75, 3.05) is 0 Å². The van der Waals surface area contributed by atoms with E-state index in [1.807, 2.05) is 30.3 Å². The summed E-state index contributed by atoms with van der Waals surface area (Å²) in [6.45, 7) is 0. The van der Waals surface area contributed by atoms with Crippen LogP contribution in [0.5, 0.6) is 0 Å². The van der Waals surface area contributed by atoms with E-state index in [9.17, 15) is 9.59 Å². The summed E-state index contributed by atoms with van der Waals surface area (Å²) >= 11 is 3.24. The van der Waals surface area contributed by atoms with Crippen LogP contribution in [0.3, 0.4) is 0 Å². The minimum Gasteiger partial charge on any atom is -0.356 e. The molecule has 1 aromatic carbocycles. The number of aromatic nitrogens is 3. The van der Waals surface area contributed by atoms with Gasteiger partial charge in [0.1, 0.15) is 11.4 Å². The number of benzene rings is 1. The van der Waals surface area contributed by atoms with Gasteiger partial charge in [0, 0.05) is 16.4 Å². The van der Waals surface area contributed by atoms with Crippen LogP contribution in [0, 0.1) is 0 Å². The van der Waals surface area contributed by atoms with E-state index in [0.717, 1.165) is 10.2 Å². The van der Waals surface area contributed by atoms with Gasteiger partial charge in [-0.2, -0.15) is 0 Å². The van der Waals surface area contributed by atoms with Crippen LogP contribution in [0.2, 0.25) is 0 Å². The molecule has 116 valence electrons. The van der Waals surface area contributed by atoms with E-state index in [-0.39, 0.29) is 0 Å². The number of imidazole rings is 1. The number of rotatable bonds is 3. The maximum absolute atomic E-state index is 12.2. The molecule has 0 unspecified atom stereocenters. The Morgan fingerprint density at radius 1 is 1.13 bits per heavy atom. The van der Waals surface area contributed by atoms with Crippen LogP contribution in [0.1, 0.15) is 21.0 Å². The third kappa shape index (κ3) is 3.32. The number of halogens is 1. The van der Waals surface area contributed by atoms with Crippen LogP contribution in [0.15, 0.2) is 59.6 Å². The molecule has 2 amide bonds. The van der Waals surface area contributed by atoms with Crippen LogP contribution < -0.4 is 10.9 Å². The number of hydrogen-bond donors (Lipinski definition) is 3. The third-order valence-corrected chi connectivity index (χ3v) is 3.55. The number of amides is 2. The van der Waals surface area contributed by atoms with Crippen molar-refractivity contribution in [3.8, 4) is 5.69 Å². The first-order valence-electron chi connectivity index (χ1n) is 6.67. The smallest absolute Gasteiger partial charge is 0.288 e. The first-order valence-corrected chi connectivity index (χ1v) is 7.47. The Kier molecular flexibility index (Phi) is 4.24. The van der Waals surface area contributed by atoms with E-state index in [2.05, 4.69) is 36.7 Å². The molecule has 0 aliphatic heterocycles. The van der Waals surface area contributed by atoms with Gasteiger partial charge in [-0.1, -0.05) is 18.2 Å². The van der Waals surface area contributed by atoms with Crippen molar-refractivity contribution in [3.63, 3.8) is 0 Å². The highest BCUT2D eigenvalue weighted by atomic mass is 79.9. The normalized spacial score (nSPS) is 10.3. The summed E-state index contributed by atoms with van der Waals surface area (Å²) in [7, 11) is 0. The zero-order chi connectivity index (χ0) is 16.2. The number of hydrazine groups is 1. The van der Waals surface area contributed by atoms with Crippen molar-refractivity contribution in [2.45, 2.75) is 0 Å². The van der Waals surface area contributed by atoms with Gasteiger partial charge < -0.3 is 4.98 Å². The highest BCUT2D eigenvalue weighted by Gasteiger charge is 2.14. The highest BCUT2D eigenvalue weighted by Crippen LogP contribution is 2.11. The molecule has 0 aliphatic carbocycles. The minimum atomic E-state index is -0.467. The summed E-state index contributed by atoms with van der Waals surface area (Å²) in [5, 5.41) is 0. The van der Waals surface area contributed by atoms with Crippen molar-refractivity contribution < 1.29 is 9.59 Å². The fourth-order valence-corrected chi connectivity index (χ4v) is 2.34. The molecular formula is C15H12BrN5O2. The molecule has 0 radical (unpaired) electrons. The van der Waals surface area contributed by atoms with Crippen LogP contribution in [-0.4, -0.2) is 26.3 Å². The molecule has 23 heavy (non-hydrogen) atoms. The lowest BCUT2D eigenvalue weighted by Gasteiger charge is -2.09. The molecule has 0 bridgehead atoms. The fourth-order valence-electron chi connectivity index (χ4n) is 2.00. The summed E-state index contributed by atoms with van der Waals surface area (Å²) in [6.07, 6.45) is 4.59. The highest BCUT2D eigenvalue weighted by molar-refractivity contribution is 9.10. The second-order valence-corrected chi connectivity index (χ2v) is 5.54. The number of nitrogens with one attached hydrogen (secondary N) is 3. The predicted molar refractivity (Wildman–Crippen MR) is 87.0 cm³/mol. The standard InChI is InChI=1S/C15H12BrN5O2/c16-10-6-12(18-7-10)14(22)19-20-15(23)13-8-17-9-21(13)11-4-2-1-3-5-11/h1-9,18H,(H,19,22)(H,20,23). The molecule has 0 fully saturated rings. The number of para-hydroxylation sites is 1. The Labute approximate surface area is 139 Å². The lowest BCUT2D eigenvalue weighted by molar-refractivity contribution is 0.0840. The van der Waals surface area contributed by atoms with E-state index in [0.29, 0.717) is 11.4 Å². The van der Waals surface area contributed by atoms with Crippen LogP contribution in [0.4, 0.5) is 0 Å². The number of H-pyrrole nitrogens is 1. The molecule has 0 aliphatic rings. The minimum absolute atomic E-state index is 0.309. The number of carbonyl (C=O) groups is 2. The van der Waals surface area contributed by atoms with Crippen molar-refractivity contribution in [1.29, 1.82) is 0 Å². The maximum Gasteiger partial charge on any atom is 0.288 e. The zero-order valence-electron chi connectivity index (χ0n) is 11.8. The summed E-state index contributed by atoms with van der Waals surface area (Å²) in [4.78, 5) is 30.9. The second kappa shape index (κ2) is 6.49. The van der Waals surface area contributed by atoms with Gasteiger partial charge in [0.25, 0.3) is 11.8 Å². The Morgan fingerprint density at radius 2 is 1.87 bits per heavy atom. The van der Waals surface area contributed by atoms with Crippen LogP contribution in [-0.2, 0) is 0 Å². The molecule has 0 atom stereocenters. The number of carbonyl (C=O) groups excluding carboxylic acids is 2. The van der Waals surface area contributed by atoms with Gasteiger partial charge in [0.05, 0.1) is 12.5 Å². The predicted octanol–water partition coefficient (Wildman–Crippen LogP) is 2.04. The largest absolute Gasteiger partial charge is 0.356 e. The van der Waals surface area contributed by atoms with Gasteiger partial charge >= 0.3 is 0 Å². The van der Waals surface area contributed by atoms with Crippen molar-refractivity contribution in [1.82, 2.24) is 25.4 Å². The number of nitrogens with zero attached hydrogens (tertiary/aromatic N) is 2. The lowest BCUT2D eigenvalue weighted by atomic mass is 10.3. The topological polar surface area (TPSA) is 91.8 Å². The molecule has 3 rings (SSSR count). The Balaban J connectivity index is 1.70. The summed E-state index contributed by atoms with van der Waals surface area (Å²) in [5.41, 5.74) is 6.15. The molecule has 3 aromatic rings. The maximum atomic E-state index is 12.2. The SMILES string of the molecule is O=C(NNC(=O)c1cncn1-c1ccccc1)c1cc(Br)c[nH]1. The molecule has 0 saturated heterocycles. The van der Waals surface area contributed by atoms with E-state index < -0.39 is 11.8 Å². The summed E-state index contributed by atoms with van der Waals surface area (Å²) < 4.78 is 2.38. The molecule has 2 aromatic heterocycles. The Bertz CT molecular complexity index is 840. The van der Waals surface area contributed by atoms with E-state index >= 15 is 0 Å². The molecule has 0 spiro atoms. The second-order valence-electron chi connectivity index (χ2n) is 4.62. The van der Waals surface area contributed by atoms with E-state index in [1.165, 1.54) is 12.5 Å². The van der Waals surface area contributed by atoms with E-state index in [1.54, 1.807) is 16.8 Å². The average molecular weight is 374 g/mol. The summed E-state index contributed by atoms with van der Waals surface area (Å²) in [6, 6.07) is 10.9. The zero-order valence-corrected chi connectivity index (χ0v) is 13.4. The van der Waals surface area contributed by atoms with Gasteiger partial charge in [-0.05, 0) is 34.1 Å². The molecular weight excluding hydrogens is 362 g/mol. The van der Waals surface area contributed by atoms with Crippen LogP contribution >= 0.6 is 15.9 Å². The van der Waals surface area contributed by atoms with Crippen molar-refractivity contribution >= 4 is 27.7 Å². The first kappa shape index (κ1) is 15.0. The average Bonchev–Trinajstić information content (AvgIpc) is 3.22. The molecule has 0 saturated carbocycles. The monoisotopic (exact) mass is 373 g/mol. The van der Waals surface area contributed by atoms with Gasteiger partial charge in [-0.25, -0.2) is 4.98 Å². The van der Waals surface area contributed by atoms with E-state index in [4.69, 9.17) is 0 Å². The molecule has 3 N–H and O–H groups in total. The van der Waals surface area contributed by atoms with Gasteiger partial charge in [0.2, 0.25) is 0 Å². The van der Waals surface area contributed by atoms with Gasteiger partial charge in [-0.3, -0.25) is 25.0 Å². The van der Waals surface area contributed by atoms with Crippen molar-refractivity contribution in [2.24, 2.45) is 0 Å². The number of hydrogen-bond acceptors (Lipinski definition) is 3. The van der Waals surface area contributed by atoms with Crippen LogP contribution in [0.25, 0.3) is 5.69 Å². The Morgan fingerprint density at radius 3 is 2.57 bits per heavy atom. The molecule has 7 nitrogen and oxygen atoms in total. The molecule has 8 heteroatoms. The third-order valence-electron chi connectivity index (χ3n) is 3.09. The van der Waals surface area contributed by atoms with Crippen molar-refractivity contribution in [3.05, 3.63) is 71.0 Å². The molecule has 2 heterocycles. The van der Waals surface area contributed by atoms with Gasteiger partial charge in [-0.15, -0.1) is 0 Å². The lowest BCUT2D eigenvalue weighted by Crippen LogP contribution is -2.42. The Hall–Kier alpha value is -2.87. The number of aromatic amines is 1. The summed E-state index contributed by atoms with van der Waals surface area (Å²) in [5.74, 6) is -0.917. The quantitative estimate of drug-likeness (QED) is 0.613.